The molecular weight excluding hydrogens is 281 g/mol. The van der Waals surface area contributed by atoms with Crippen molar-refractivity contribution in [3.8, 4) is 0 Å². The van der Waals surface area contributed by atoms with Crippen molar-refractivity contribution in [1.29, 1.82) is 0 Å². The fourth-order valence-corrected chi connectivity index (χ4v) is 2.21. The van der Waals surface area contributed by atoms with E-state index in [1.807, 2.05) is 0 Å². The van der Waals surface area contributed by atoms with Crippen molar-refractivity contribution in [1.82, 2.24) is 0 Å². The van der Waals surface area contributed by atoms with Crippen LogP contribution in [0.5, 0.6) is 0 Å². The second-order valence-corrected chi connectivity index (χ2v) is 6.14. The molecule has 0 aromatic heterocycles. The van der Waals surface area contributed by atoms with Crippen LogP contribution in [0.15, 0.2) is 23.1 Å². The molecule has 19 heavy (non-hydrogen) atoms. The van der Waals surface area contributed by atoms with Crippen molar-refractivity contribution in [3.63, 3.8) is 0 Å². The van der Waals surface area contributed by atoms with Gasteiger partial charge in [0.15, 0.2) is 0 Å². The van der Waals surface area contributed by atoms with Gasteiger partial charge in [0.05, 0.1) is 10.5 Å². The number of benzene rings is 1. The molecule has 1 saturated carbocycles. The molecule has 0 spiro atoms. The lowest BCUT2D eigenvalue weighted by atomic mass is 10.1. The minimum atomic E-state index is -4.63. The Balaban J connectivity index is 2.36. The molecule has 3 N–H and O–H groups in total. The molecule has 0 atom stereocenters. The Hall–Kier alpha value is -1.28. The molecule has 0 amide bonds. The predicted molar refractivity (Wildman–Crippen MR) is 64.0 cm³/mol. The van der Waals surface area contributed by atoms with Crippen molar-refractivity contribution in [2.24, 2.45) is 11.1 Å². The van der Waals surface area contributed by atoms with Crippen LogP contribution in [0.3, 0.4) is 0 Å². The van der Waals surface area contributed by atoms with Gasteiger partial charge in [-0.15, -0.1) is 0 Å². The van der Waals surface area contributed by atoms with E-state index in [4.69, 9.17) is 5.14 Å². The van der Waals surface area contributed by atoms with Gasteiger partial charge in [-0.3, -0.25) is 0 Å². The summed E-state index contributed by atoms with van der Waals surface area (Å²) in [7, 11) is -4.15. The van der Waals surface area contributed by atoms with Crippen LogP contribution in [-0.2, 0) is 16.2 Å². The summed E-state index contributed by atoms with van der Waals surface area (Å²) in [5, 5.41) is 7.54. The molecular formula is C11H13F3N2O2S. The second-order valence-electron chi connectivity index (χ2n) is 4.57. The van der Waals surface area contributed by atoms with Gasteiger partial charge in [0, 0.05) is 12.2 Å². The number of sulfonamides is 1. The fourth-order valence-electron chi connectivity index (χ4n) is 1.67. The minimum Gasteiger partial charge on any atom is -0.384 e. The van der Waals surface area contributed by atoms with Crippen LogP contribution < -0.4 is 10.5 Å². The Morgan fingerprint density at radius 3 is 2.42 bits per heavy atom. The molecule has 0 heterocycles. The monoisotopic (exact) mass is 294 g/mol. The highest BCUT2D eigenvalue weighted by atomic mass is 32.2. The average Bonchev–Trinajstić information content (AvgIpc) is 3.07. The maximum atomic E-state index is 12.9. The molecule has 106 valence electrons. The van der Waals surface area contributed by atoms with E-state index in [2.05, 4.69) is 5.32 Å². The van der Waals surface area contributed by atoms with Crippen LogP contribution in [-0.4, -0.2) is 15.0 Å². The van der Waals surface area contributed by atoms with E-state index >= 15 is 0 Å². The molecule has 4 nitrogen and oxygen atoms in total. The highest BCUT2D eigenvalue weighted by Gasteiger charge is 2.35. The van der Waals surface area contributed by atoms with Crippen LogP contribution in [0.4, 0.5) is 18.9 Å². The molecule has 0 aliphatic heterocycles. The van der Waals surface area contributed by atoms with Gasteiger partial charge in [-0.2, -0.15) is 13.2 Å². The van der Waals surface area contributed by atoms with Crippen molar-refractivity contribution in [3.05, 3.63) is 23.8 Å². The zero-order chi connectivity index (χ0) is 14.3. The summed E-state index contributed by atoms with van der Waals surface area (Å²) in [6.07, 6.45) is -2.63. The first kappa shape index (κ1) is 14.1. The lowest BCUT2D eigenvalue weighted by molar-refractivity contribution is -0.137. The Kier molecular flexibility index (Phi) is 3.48. The van der Waals surface area contributed by atoms with Gasteiger partial charge < -0.3 is 5.32 Å². The van der Waals surface area contributed by atoms with E-state index in [9.17, 15) is 21.6 Å². The first-order chi connectivity index (χ1) is 8.68. The van der Waals surface area contributed by atoms with Gasteiger partial charge in [-0.25, -0.2) is 13.6 Å². The number of nitrogens with two attached hydrogens (primary N) is 1. The highest BCUT2D eigenvalue weighted by molar-refractivity contribution is 7.89. The van der Waals surface area contributed by atoms with Gasteiger partial charge in [0.1, 0.15) is 0 Å². The molecule has 0 bridgehead atoms. The molecule has 1 aromatic rings. The maximum absolute atomic E-state index is 12.9. The van der Waals surface area contributed by atoms with Crippen molar-refractivity contribution >= 4 is 15.7 Å². The summed E-state index contributed by atoms with van der Waals surface area (Å²) in [6.45, 7) is 0.456. The normalized spacial score (nSPS) is 16.4. The van der Waals surface area contributed by atoms with E-state index in [0.717, 1.165) is 25.0 Å². The number of halogens is 3. The molecule has 0 unspecified atom stereocenters. The Morgan fingerprint density at radius 2 is 1.95 bits per heavy atom. The molecule has 0 saturated heterocycles. The zero-order valence-electron chi connectivity index (χ0n) is 9.87. The van der Waals surface area contributed by atoms with Crippen LogP contribution in [0.1, 0.15) is 18.4 Å². The number of alkyl halides is 3. The van der Waals surface area contributed by atoms with Crippen molar-refractivity contribution < 1.29 is 21.6 Å². The molecule has 1 aliphatic carbocycles. The lowest BCUT2D eigenvalue weighted by Gasteiger charge is -2.15. The largest absolute Gasteiger partial charge is 0.418 e. The average molecular weight is 294 g/mol. The second kappa shape index (κ2) is 4.68. The van der Waals surface area contributed by atoms with E-state index in [1.54, 1.807) is 0 Å². The Bertz CT molecular complexity index is 580. The van der Waals surface area contributed by atoms with E-state index in [1.165, 1.54) is 0 Å². The highest BCUT2D eigenvalue weighted by Crippen LogP contribution is 2.37. The maximum Gasteiger partial charge on any atom is 0.418 e. The quantitative estimate of drug-likeness (QED) is 0.894. The van der Waals surface area contributed by atoms with Gasteiger partial charge in [-0.1, -0.05) is 0 Å². The summed E-state index contributed by atoms with van der Waals surface area (Å²) in [4.78, 5) is -0.545. The smallest absolute Gasteiger partial charge is 0.384 e. The summed E-state index contributed by atoms with van der Waals surface area (Å²) < 4.78 is 60.8. The van der Waals surface area contributed by atoms with Crippen LogP contribution in [0.25, 0.3) is 0 Å². The summed E-state index contributed by atoms with van der Waals surface area (Å²) >= 11 is 0. The number of rotatable bonds is 4. The lowest BCUT2D eigenvalue weighted by Crippen LogP contribution is -2.16. The molecule has 8 heteroatoms. The van der Waals surface area contributed by atoms with E-state index in [-0.39, 0.29) is 5.69 Å². The minimum absolute atomic E-state index is 0.119. The summed E-state index contributed by atoms with van der Waals surface area (Å²) in [5.41, 5.74) is -1.13. The third-order valence-electron chi connectivity index (χ3n) is 2.90. The topological polar surface area (TPSA) is 72.2 Å². The van der Waals surface area contributed by atoms with Gasteiger partial charge >= 0.3 is 6.18 Å². The first-order valence-corrected chi connectivity index (χ1v) is 7.20. The Morgan fingerprint density at radius 1 is 1.32 bits per heavy atom. The third kappa shape index (κ3) is 3.60. The van der Waals surface area contributed by atoms with Crippen LogP contribution in [0, 0.1) is 5.92 Å². The van der Waals surface area contributed by atoms with Crippen molar-refractivity contribution in [2.75, 3.05) is 11.9 Å². The number of hydrogen-bond donors (Lipinski definition) is 2. The molecule has 1 aromatic carbocycles. The van der Waals surface area contributed by atoms with E-state index < -0.39 is 26.7 Å². The fraction of sp³-hybridized carbons (Fsp3) is 0.455. The number of hydrogen-bond acceptors (Lipinski definition) is 3. The molecule has 1 aliphatic rings. The summed E-state index contributed by atoms with van der Waals surface area (Å²) in [5.74, 6) is 0.402. The van der Waals surface area contributed by atoms with E-state index in [0.29, 0.717) is 18.5 Å². The van der Waals surface area contributed by atoms with Gasteiger partial charge in [-0.05, 0) is 37.0 Å². The van der Waals surface area contributed by atoms with Crippen LogP contribution in [0.2, 0.25) is 0 Å². The summed E-state index contributed by atoms with van der Waals surface area (Å²) in [6, 6.07) is 2.73. The number of nitrogens with one attached hydrogen (secondary N) is 1. The Labute approximate surface area is 108 Å². The predicted octanol–water partition coefficient (Wildman–Crippen LogP) is 2.17. The number of anilines is 1. The zero-order valence-corrected chi connectivity index (χ0v) is 10.7. The van der Waals surface area contributed by atoms with Crippen molar-refractivity contribution in [2.45, 2.75) is 23.9 Å². The SMILES string of the molecule is NS(=O)(=O)c1ccc(NCC2CC2)c(C(F)(F)F)c1. The van der Waals surface area contributed by atoms with Gasteiger partial charge in [0.25, 0.3) is 0 Å². The van der Waals surface area contributed by atoms with Gasteiger partial charge in [0.2, 0.25) is 10.0 Å². The number of primary sulfonamides is 1. The third-order valence-corrected chi connectivity index (χ3v) is 3.81. The molecule has 2 rings (SSSR count). The first-order valence-electron chi connectivity index (χ1n) is 5.66. The standard InChI is InChI=1S/C11H13F3N2O2S/c12-11(13,14)9-5-8(19(15,17)18)3-4-10(9)16-6-7-1-2-7/h3-5,7,16H,1-2,6H2,(H2,15,17,18). The molecule has 0 radical (unpaired) electrons. The van der Waals surface area contributed by atoms with Crippen LogP contribution >= 0.6 is 0 Å². The molecule has 1 fully saturated rings.